The quantitative estimate of drug-likeness (QED) is 0.678. The van der Waals surface area contributed by atoms with Gasteiger partial charge in [-0.05, 0) is 18.9 Å². The van der Waals surface area contributed by atoms with E-state index in [1.54, 1.807) is 0 Å². The average Bonchev–Trinajstić information content (AvgIpc) is 2.78. The van der Waals surface area contributed by atoms with Gasteiger partial charge >= 0.3 is 0 Å². The Balaban J connectivity index is 1.84. The highest BCUT2D eigenvalue weighted by Crippen LogP contribution is 2.40. The van der Waals surface area contributed by atoms with Crippen LogP contribution < -0.4 is 16.8 Å². The molecule has 4 rings (SSSR count). The number of rotatable bonds is 5. The highest BCUT2D eigenvalue weighted by Gasteiger charge is 2.39. The molecule has 0 saturated heterocycles. The Hall–Kier alpha value is -4.12. The first-order valence-electron chi connectivity index (χ1n) is 10.0. The molecule has 156 valence electrons. The number of ketones is 1. The van der Waals surface area contributed by atoms with Crippen LogP contribution in [-0.2, 0) is 9.53 Å². The predicted octanol–water partition coefficient (Wildman–Crippen LogP) is 3.17. The Labute approximate surface area is 179 Å². The van der Waals surface area contributed by atoms with Crippen LogP contribution in [0.2, 0.25) is 0 Å². The standard InChI is InChI=1S/C23H22N6O2/c1-2-16(27-22-15(12-24)21(25)28-23(26)29-22)18-19(30)14-10-6-7-11-17(14)31-20(18)13-8-4-3-5-9-13/h3-9,11,14,16H,2,10H2,1H3,(H5,25,26,27,28,29). The van der Waals surface area contributed by atoms with Crippen molar-refractivity contribution < 1.29 is 9.53 Å². The smallest absolute Gasteiger partial charge is 0.224 e. The van der Waals surface area contributed by atoms with Gasteiger partial charge in [0.15, 0.2) is 11.6 Å². The van der Waals surface area contributed by atoms with E-state index in [2.05, 4.69) is 15.3 Å². The summed E-state index contributed by atoms with van der Waals surface area (Å²) in [7, 11) is 0. The van der Waals surface area contributed by atoms with E-state index in [1.807, 2.05) is 61.6 Å². The first-order valence-corrected chi connectivity index (χ1v) is 10.0. The van der Waals surface area contributed by atoms with Crippen LogP contribution in [0.3, 0.4) is 0 Å². The summed E-state index contributed by atoms with van der Waals surface area (Å²) in [6, 6.07) is 11.0. The molecule has 0 fully saturated rings. The molecule has 8 heteroatoms. The van der Waals surface area contributed by atoms with Crippen molar-refractivity contribution in [2.24, 2.45) is 5.92 Å². The van der Waals surface area contributed by atoms with Gasteiger partial charge in [0.1, 0.15) is 29.0 Å². The maximum absolute atomic E-state index is 13.6. The second kappa shape index (κ2) is 8.32. The summed E-state index contributed by atoms with van der Waals surface area (Å²) in [6.07, 6.45) is 6.79. The molecule has 1 aromatic carbocycles. The molecule has 2 aliphatic rings. The molecular formula is C23H22N6O2. The summed E-state index contributed by atoms with van der Waals surface area (Å²) in [5, 5.41) is 12.7. The summed E-state index contributed by atoms with van der Waals surface area (Å²) in [4.78, 5) is 21.6. The van der Waals surface area contributed by atoms with Gasteiger partial charge in [-0.1, -0.05) is 49.4 Å². The Morgan fingerprint density at radius 3 is 2.77 bits per heavy atom. The van der Waals surface area contributed by atoms with E-state index in [1.165, 1.54) is 0 Å². The molecule has 0 amide bonds. The van der Waals surface area contributed by atoms with Crippen LogP contribution in [0.5, 0.6) is 0 Å². The molecule has 2 unspecified atom stereocenters. The van der Waals surface area contributed by atoms with E-state index in [-0.39, 0.29) is 34.8 Å². The molecule has 31 heavy (non-hydrogen) atoms. The van der Waals surface area contributed by atoms with Gasteiger partial charge in [-0.15, -0.1) is 0 Å². The lowest BCUT2D eigenvalue weighted by Crippen LogP contribution is -2.36. The first kappa shape index (κ1) is 20.2. The number of hydrogen-bond acceptors (Lipinski definition) is 8. The van der Waals surface area contributed by atoms with Crippen molar-refractivity contribution in [3.63, 3.8) is 0 Å². The second-order valence-corrected chi connectivity index (χ2v) is 7.27. The van der Waals surface area contributed by atoms with Crippen molar-refractivity contribution >= 4 is 29.1 Å². The normalized spacial score (nSPS) is 18.5. The number of nitriles is 1. The number of benzene rings is 1. The van der Waals surface area contributed by atoms with E-state index in [0.717, 1.165) is 5.56 Å². The molecule has 0 spiro atoms. The summed E-state index contributed by atoms with van der Waals surface area (Å²) in [5.74, 6) is 0.859. The number of Topliss-reactive ketones (excluding diaryl/α,β-unsaturated/α-hetero) is 1. The highest BCUT2D eigenvalue weighted by atomic mass is 16.5. The minimum Gasteiger partial charge on any atom is -0.460 e. The molecule has 1 aliphatic heterocycles. The van der Waals surface area contributed by atoms with Crippen molar-refractivity contribution in [3.8, 4) is 6.07 Å². The third-order valence-corrected chi connectivity index (χ3v) is 5.33. The molecule has 1 aliphatic carbocycles. The number of nitrogen functional groups attached to an aromatic ring is 2. The number of carbonyl (C=O) groups is 1. The van der Waals surface area contributed by atoms with Gasteiger partial charge in [-0.3, -0.25) is 4.79 Å². The van der Waals surface area contributed by atoms with Gasteiger partial charge in [-0.25, -0.2) is 0 Å². The molecular weight excluding hydrogens is 392 g/mol. The molecule has 2 heterocycles. The maximum Gasteiger partial charge on any atom is 0.224 e. The van der Waals surface area contributed by atoms with Gasteiger partial charge in [0.05, 0.1) is 17.5 Å². The molecule has 0 radical (unpaired) electrons. The number of carbonyl (C=O) groups excluding carboxylic acids is 1. The van der Waals surface area contributed by atoms with Gasteiger partial charge in [0.25, 0.3) is 0 Å². The van der Waals surface area contributed by atoms with Crippen molar-refractivity contribution in [3.05, 3.63) is 71.0 Å². The number of nitrogens with zero attached hydrogens (tertiary/aromatic N) is 3. The number of fused-ring (bicyclic) bond motifs is 1. The lowest BCUT2D eigenvalue weighted by Gasteiger charge is -2.33. The van der Waals surface area contributed by atoms with Crippen molar-refractivity contribution in [1.82, 2.24) is 9.97 Å². The Kier molecular flexibility index (Phi) is 5.41. The maximum atomic E-state index is 13.6. The van der Waals surface area contributed by atoms with Gasteiger partial charge < -0.3 is 21.5 Å². The molecule has 2 atom stereocenters. The highest BCUT2D eigenvalue weighted by molar-refractivity contribution is 6.07. The number of nitrogens with two attached hydrogens (primary N) is 2. The fourth-order valence-electron chi connectivity index (χ4n) is 3.81. The van der Waals surface area contributed by atoms with Crippen LogP contribution in [0.25, 0.3) is 5.76 Å². The second-order valence-electron chi connectivity index (χ2n) is 7.27. The number of ether oxygens (including phenoxy) is 1. The SMILES string of the molecule is CCC(Nc1nc(N)nc(N)c1C#N)C1=C(c2ccccc2)OC2=CC=CCC2C1=O. The van der Waals surface area contributed by atoms with E-state index < -0.39 is 6.04 Å². The van der Waals surface area contributed by atoms with Crippen LogP contribution in [0, 0.1) is 17.2 Å². The topological polar surface area (TPSA) is 140 Å². The first-order chi connectivity index (χ1) is 15.0. The fourth-order valence-corrected chi connectivity index (χ4v) is 3.81. The summed E-state index contributed by atoms with van der Waals surface area (Å²) in [5.41, 5.74) is 13.0. The molecule has 0 bridgehead atoms. The third kappa shape index (κ3) is 3.73. The van der Waals surface area contributed by atoms with E-state index >= 15 is 0 Å². The zero-order valence-electron chi connectivity index (χ0n) is 17.0. The van der Waals surface area contributed by atoms with Gasteiger partial charge in [0.2, 0.25) is 5.95 Å². The third-order valence-electron chi connectivity index (χ3n) is 5.33. The Morgan fingerprint density at radius 1 is 1.29 bits per heavy atom. The largest absolute Gasteiger partial charge is 0.460 e. The number of nitrogens with one attached hydrogen (secondary N) is 1. The van der Waals surface area contributed by atoms with Crippen LogP contribution in [0.15, 0.2) is 59.9 Å². The molecule has 1 aromatic heterocycles. The van der Waals surface area contributed by atoms with Crippen molar-refractivity contribution in [2.45, 2.75) is 25.8 Å². The number of anilines is 3. The van der Waals surface area contributed by atoms with E-state index in [0.29, 0.717) is 29.9 Å². The van der Waals surface area contributed by atoms with Gasteiger partial charge in [0, 0.05) is 5.56 Å². The van der Waals surface area contributed by atoms with Crippen LogP contribution in [0.4, 0.5) is 17.6 Å². The minimum atomic E-state index is -0.476. The van der Waals surface area contributed by atoms with E-state index in [4.69, 9.17) is 16.2 Å². The van der Waals surface area contributed by atoms with Crippen LogP contribution >= 0.6 is 0 Å². The minimum absolute atomic E-state index is 0.0153. The van der Waals surface area contributed by atoms with E-state index in [9.17, 15) is 10.1 Å². The monoisotopic (exact) mass is 414 g/mol. The molecule has 8 nitrogen and oxygen atoms in total. The summed E-state index contributed by atoms with van der Waals surface area (Å²) < 4.78 is 6.27. The van der Waals surface area contributed by atoms with Crippen molar-refractivity contribution in [1.29, 1.82) is 5.26 Å². The summed E-state index contributed by atoms with van der Waals surface area (Å²) in [6.45, 7) is 1.94. The number of allylic oxidation sites excluding steroid dienone is 4. The van der Waals surface area contributed by atoms with Crippen molar-refractivity contribution in [2.75, 3.05) is 16.8 Å². The lowest BCUT2D eigenvalue weighted by atomic mass is 9.82. The Morgan fingerprint density at radius 2 is 2.06 bits per heavy atom. The van der Waals surface area contributed by atoms with Crippen LogP contribution in [0.1, 0.15) is 30.9 Å². The predicted molar refractivity (Wildman–Crippen MR) is 118 cm³/mol. The molecule has 2 aromatic rings. The molecule has 5 N–H and O–H groups in total. The molecule has 0 saturated carbocycles. The zero-order valence-corrected chi connectivity index (χ0v) is 17.0. The fraction of sp³-hybridized carbons (Fsp3) is 0.217. The average molecular weight is 414 g/mol. The van der Waals surface area contributed by atoms with Crippen LogP contribution in [-0.4, -0.2) is 21.8 Å². The number of hydrogen-bond donors (Lipinski definition) is 3. The summed E-state index contributed by atoms with van der Waals surface area (Å²) >= 11 is 0. The van der Waals surface area contributed by atoms with Gasteiger partial charge in [-0.2, -0.15) is 15.2 Å². The Bertz CT molecular complexity index is 1160. The number of aromatic nitrogens is 2. The zero-order chi connectivity index (χ0) is 22.0. The lowest BCUT2D eigenvalue weighted by molar-refractivity contribution is -0.119.